The topological polar surface area (TPSA) is 29.1 Å². The SMILES string of the molecule is Cc1ccc(NCC(=O)c2ccc(F)c(C)c2)cc1C. The number of ketones is 1. The second-order valence-electron chi connectivity index (χ2n) is 5.04. The van der Waals surface area contributed by atoms with Crippen LogP contribution in [0.1, 0.15) is 27.0 Å². The van der Waals surface area contributed by atoms with Crippen molar-refractivity contribution in [2.24, 2.45) is 0 Å². The van der Waals surface area contributed by atoms with Crippen molar-refractivity contribution in [3.8, 4) is 0 Å². The van der Waals surface area contributed by atoms with E-state index in [1.54, 1.807) is 13.0 Å². The molecule has 0 radical (unpaired) electrons. The predicted octanol–water partition coefficient (Wildman–Crippen LogP) is 4.05. The van der Waals surface area contributed by atoms with Gasteiger partial charge in [0, 0.05) is 11.3 Å². The van der Waals surface area contributed by atoms with E-state index in [9.17, 15) is 9.18 Å². The first-order valence-corrected chi connectivity index (χ1v) is 6.58. The smallest absolute Gasteiger partial charge is 0.181 e. The van der Waals surface area contributed by atoms with Gasteiger partial charge >= 0.3 is 0 Å². The molecule has 2 nitrogen and oxygen atoms in total. The molecule has 2 aromatic carbocycles. The Hall–Kier alpha value is -2.16. The molecule has 3 heteroatoms. The fourth-order valence-electron chi connectivity index (χ4n) is 1.95. The van der Waals surface area contributed by atoms with Crippen LogP contribution in [0.3, 0.4) is 0 Å². The van der Waals surface area contributed by atoms with E-state index in [-0.39, 0.29) is 18.1 Å². The van der Waals surface area contributed by atoms with Gasteiger partial charge in [0.15, 0.2) is 5.78 Å². The molecule has 0 atom stereocenters. The van der Waals surface area contributed by atoms with Gasteiger partial charge in [0.2, 0.25) is 0 Å². The van der Waals surface area contributed by atoms with E-state index in [4.69, 9.17) is 0 Å². The van der Waals surface area contributed by atoms with E-state index >= 15 is 0 Å². The maximum Gasteiger partial charge on any atom is 0.181 e. The van der Waals surface area contributed by atoms with Gasteiger partial charge in [-0.2, -0.15) is 0 Å². The van der Waals surface area contributed by atoms with Crippen LogP contribution in [0.25, 0.3) is 0 Å². The van der Waals surface area contributed by atoms with Gasteiger partial charge < -0.3 is 5.32 Å². The quantitative estimate of drug-likeness (QED) is 0.850. The average molecular weight is 271 g/mol. The number of aryl methyl sites for hydroxylation is 3. The number of anilines is 1. The number of carbonyl (C=O) groups is 1. The third kappa shape index (κ3) is 3.23. The molecular weight excluding hydrogens is 253 g/mol. The van der Waals surface area contributed by atoms with Crippen LogP contribution in [-0.4, -0.2) is 12.3 Å². The summed E-state index contributed by atoms with van der Waals surface area (Å²) in [5, 5.41) is 3.10. The summed E-state index contributed by atoms with van der Waals surface area (Å²) in [5.74, 6) is -0.338. The summed E-state index contributed by atoms with van der Waals surface area (Å²) >= 11 is 0. The van der Waals surface area contributed by atoms with E-state index in [0.29, 0.717) is 11.1 Å². The normalized spacial score (nSPS) is 10.4. The minimum atomic E-state index is -0.288. The average Bonchev–Trinajstić information content (AvgIpc) is 2.43. The summed E-state index contributed by atoms with van der Waals surface area (Å²) in [4.78, 5) is 12.0. The Balaban J connectivity index is 2.04. The highest BCUT2D eigenvalue weighted by Gasteiger charge is 2.08. The Bertz CT molecular complexity index is 649. The zero-order valence-electron chi connectivity index (χ0n) is 12.0. The highest BCUT2D eigenvalue weighted by Crippen LogP contribution is 2.15. The van der Waals surface area contributed by atoms with Crippen LogP contribution in [0, 0.1) is 26.6 Å². The van der Waals surface area contributed by atoms with E-state index < -0.39 is 0 Å². The number of Topliss-reactive ketones (excluding diaryl/α,β-unsaturated/α-hetero) is 1. The molecule has 2 rings (SSSR count). The molecule has 2 aromatic rings. The van der Waals surface area contributed by atoms with Gasteiger partial charge in [0.25, 0.3) is 0 Å². The van der Waals surface area contributed by atoms with Crippen LogP contribution in [0.4, 0.5) is 10.1 Å². The van der Waals surface area contributed by atoms with Crippen LogP contribution < -0.4 is 5.32 Å². The lowest BCUT2D eigenvalue weighted by atomic mass is 10.1. The summed E-state index contributed by atoms with van der Waals surface area (Å²) in [6.45, 7) is 5.94. The summed E-state index contributed by atoms with van der Waals surface area (Å²) in [6.07, 6.45) is 0. The number of nitrogens with one attached hydrogen (secondary N) is 1. The fraction of sp³-hybridized carbons (Fsp3) is 0.235. The molecule has 0 aromatic heterocycles. The minimum Gasteiger partial charge on any atom is -0.378 e. The summed E-state index contributed by atoms with van der Waals surface area (Å²) in [6, 6.07) is 10.4. The monoisotopic (exact) mass is 271 g/mol. The molecule has 0 aliphatic carbocycles. The van der Waals surface area contributed by atoms with Crippen LogP contribution in [0.5, 0.6) is 0 Å². The van der Waals surface area contributed by atoms with E-state index in [0.717, 1.165) is 5.69 Å². The maximum atomic E-state index is 13.2. The van der Waals surface area contributed by atoms with Crippen LogP contribution in [0.2, 0.25) is 0 Å². The Morgan fingerprint density at radius 2 is 1.75 bits per heavy atom. The van der Waals surface area contributed by atoms with Crippen molar-refractivity contribution >= 4 is 11.5 Å². The molecule has 0 amide bonds. The second kappa shape index (κ2) is 5.87. The molecule has 0 aliphatic rings. The highest BCUT2D eigenvalue weighted by atomic mass is 19.1. The van der Waals surface area contributed by atoms with Gasteiger partial charge in [-0.1, -0.05) is 6.07 Å². The van der Waals surface area contributed by atoms with Crippen molar-refractivity contribution in [2.45, 2.75) is 20.8 Å². The molecule has 20 heavy (non-hydrogen) atoms. The number of halogens is 1. The number of hydrogen-bond donors (Lipinski definition) is 1. The van der Waals surface area contributed by atoms with E-state index in [1.165, 1.54) is 23.3 Å². The van der Waals surface area contributed by atoms with Crippen molar-refractivity contribution in [1.82, 2.24) is 0 Å². The molecule has 0 fully saturated rings. The minimum absolute atomic E-state index is 0.0497. The van der Waals surface area contributed by atoms with Crippen molar-refractivity contribution < 1.29 is 9.18 Å². The molecule has 1 N–H and O–H groups in total. The zero-order chi connectivity index (χ0) is 14.7. The molecular formula is C17H18FNO. The van der Waals surface area contributed by atoms with Gasteiger partial charge in [-0.3, -0.25) is 4.79 Å². The lowest BCUT2D eigenvalue weighted by Gasteiger charge is -2.08. The van der Waals surface area contributed by atoms with Crippen molar-refractivity contribution in [3.63, 3.8) is 0 Å². The van der Waals surface area contributed by atoms with Crippen LogP contribution >= 0.6 is 0 Å². The number of hydrogen-bond acceptors (Lipinski definition) is 2. The van der Waals surface area contributed by atoms with Crippen molar-refractivity contribution in [2.75, 3.05) is 11.9 Å². The van der Waals surface area contributed by atoms with Gasteiger partial charge in [-0.25, -0.2) is 4.39 Å². The summed E-state index contributed by atoms with van der Waals surface area (Å²) < 4.78 is 13.2. The number of rotatable bonds is 4. The molecule has 0 bridgehead atoms. The van der Waals surface area contributed by atoms with E-state index in [2.05, 4.69) is 5.32 Å². The van der Waals surface area contributed by atoms with Gasteiger partial charge in [-0.05, 0) is 67.8 Å². The van der Waals surface area contributed by atoms with Gasteiger partial charge in [0.05, 0.1) is 6.54 Å². The molecule has 0 heterocycles. The standard InChI is InChI=1S/C17H18FNO/c1-11-4-6-15(9-12(11)2)19-10-17(20)14-5-7-16(18)13(3)8-14/h4-9,19H,10H2,1-3H3. The lowest BCUT2D eigenvalue weighted by Crippen LogP contribution is -2.14. The van der Waals surface area contributed by atoms with E-state index in [1.807, 2.05) is 32.0 Å². The first-order valence-electron chi connectivity index (χ1n) is 6.58. The fourth-order valence-corrected chi connectivity index (χ4v) is 1.95. The maximum absolute atomic E-state index is 13.2. The second-order valence-corrected chi connectivity index (χ2v) is 5.04. The molecule has 0 saturated heterocycles. The molecule has 0 aliphatic heterocycles. The van der Waals surface area contributed by atoms with Gasteiger partial charge in [-0.15, -0.1) is 0 Å². The van der Waals surface area contributed by atoms with Crippen molar-refractivity contribution in [1.29, 1.82) is 0 Å². The molecule has 0 unspecified atom stereocenters. The Morgan fingerprint density at radius 1 is 1.00 bits per heavy atom. The third-order valence-corrected chi connectivity index (χ3v) is 3.44. The Labute approximate surface area is 118 Å². The molecule has 0 saturated carbocycles. The lowest BCUT2D eigenvalue weighted by molar-refractivity contribution is 0.101. The number of benzene rings is 2. The third-order valence-electron chi connectivity index (χ3n) is 3.44. The summed E-state index contributed by atoms with van der Waals surface area (Å²) in [5.41, 5.74) is 4.33. The Morgan fingerprint density at radius 3 is 2.40 bits per heavy atom. The largest absolute Gasteiger partial charge is 0.378 e. The molecule has 0 spiro atoms. The molecule has 104 valence electrons. The van der Waals surface area contributed by atoms with Gasteiger partial charge in [0.1, 0.15) is 5.82 Å². The highest BCUT2D eigenvalue weighted by molar-refractivity contribution is 5.99. The first-order chi connectivity index (χ1) is 9.47. The van der Waals surface area contributed by atoms with Crippen LogP contribution in [-0.2, 0) is 0 Å². The Kier molecular flexibility index (Phi) is 4.18. The van der Waals surface area contributed by atoms with Crippen LogP contribution in [0.15, 0.2) is 36.4 Å². The predicted molar refractivity (Wildman–Crippen MR) is 79.9 cm³/mol. The zero-order valence-corrected chi connectivity index (χ0v) is 12.0. The first kappa shape index (κ1) is 14.3. The number of carbonyl (C=O) groups excluding carboxylic acids is 1. The van der Waals surface area contributed by atoms with Crippen molar-refractivity contribution in [3.05, 3.63) is 64.5 Å². The summed E-state index contributed by atoms with van der Waals surface area (Å²) in [7, 11) is 0.